The van der Waals surface area contributed by atoms with Crippen molar-refractivity contribution in [1.29, 1.82) is 0 Å². The van der Waals surface area contributed by atoms with Crippen LogP contribution in [0.2, 0.25) is 0 Å². The molecular weight excluding hydrogens is 234 g/mol. The maximum Gasteiger partial charge on any atom is 0.0954 e. The molecule has 1 aliphatic carbocycles. The van der Waals surface area contributed by atoms with Gasteiger partial charge in [-0.1, -0.05) is 20.8 Å². The third kappa shape index (κ3) is 3.59. The number of fused-ring (bicyclic) bond motifs is 1. The van der Waals surface area contributed by atoms with Gasteiger partial charge in [0.1, 0.15) is 0 Å². The standard InChI is InChI=1S/C16H29N3/c1-12(2)9-17-10-13(3)14(4)19-11-18-15-7-5-6-8-16(15)19/h11-14,17H,5-10H2,1-4H3. The van der Waals surface area contributed by atoms with Crippen LogP contribution in [0.5, 0.6) is 0 Å². The molecule has 0 bridgehead atoms. The number of nitrogens with one attached hydrogen (secondary N) is 1. The molecule has 108 valence electrons. The molecule has 0 saturated carbocycles. The predicted octanol–water partition coefficient (Wildman–Crippen LogP) is 3.20. The van der Waals surface area contributed by atoms with Crippen LogP contribution in [0.1, 0.15) is 58.0 Å². The summed E-state index contributed by atoms with van der Waals surface area (Å²) in [4.78, 5) is 4.61. The van der Waals surface area contributed by atoms with Crippen molar-refractivity contribution in [2.45, 2.75) is 59.4 Å². The van der Waals surface area contributed by atoms with E-state index in [0.29, 0.717) is 12.0 Å². The molecule has 3 heteroatoms. The quantitative estimate of drug-likeness (QED) is 0.854. The predicted molar refractivity (Wildman–Crippen MR) is 80.5 cm³/mol. The third-order valence-electron chi connectivity index (χ3n) is 4.34. The SMILES string of the molecule is CC(C)CNCC(C)C(C)n1cnc2c1CCCC2. The number of rotatable bonds is 6. The highest BCUT2D eigenvalue weighted by Gasteiger charge is 2.21. The number of aryl methyl sites for hydroxylation is 1. The summed E-state index contributed by atoms with van der Waals surface area (Å²) in [5.74, 6) is 1.36. The molecule has 0 spiro atoms. The van der Waals surface area contributed by atoms with Crippen LogP contribution in [-0.2, 0) is 12.8 Å². The second-order valence-corrected chi connectivity index (χ2v) is 6.52. The van der Waals surface area contributed by atoms with Crippen molar-refractivity contribution in [2.24, 2.45) is 11.8 Å². The van der Waals surface area contributed by atoms with E-state index in [2.05, 4.69) is 48.9 Å². The monoisotopic (exact) mass is 263 g/mol. The molecule has 0 radical (unpaired) electrons. The van der Waals surface area contributed by atoms with Crippen LogP contribution in [0.3, 0.4) is 0 Å². The van der Waals surface area contributed by atoms with E-state index < -0.39 is 0 Å². The lowest BCUT2D eigenvalue weighted by molar-refractivity contribution is 0.346. The second-order valence-electron chi connectivity index (χ2n) is 6.52. The fraction of sp³-hybridized carbons (Fsp3) is 0.812. The van der Waals surface area contributed by atoms with Crippen LogP contribution >= 0.6 is 0 Å². The van der Waals surface area contributed by atoms with Gasteiger partial charge in [0.15, 0.2) is 0 Å². The van der Waals surface area contributed by atoms with E-state index in [1.165, 1.54) is 37.1 Å². The highest BCUT2D eigenvalue weighted by molar-refractivity contribution is 5.17. The van der Waals surface area contributed by atoms with Crippen molar-refractivity contribution >= 4 is 0 Å². The molecule has 2 rings (SSSR count). The average Bonchev–Trinajstić information content (AvgIpc) is 2.81. The van der Waals surface area contributed by atoms with Crippen LogP contribution < -0.4 is 5.32 Å². The lowest BCUT2D eigenvalue weighted by atomic mass is 9.98. The number of imidazole rings is 1. The summed E-state index contributed by atoms with van der Waals surface area (Å²) in [6.45, 7) is 11.4. The molecule has 19 heavy (non-hydrogen) atoms. The molecule has 1 aromatic heterocycles. The fourth-order valence-corrected chi connectivity index (χ4v) is 2.89. The molecule has 1 aliphatic rings. The molecule has 0 saturated heterocycles. The lowest BCUT2D eigenvalue weighted by Gasteiger charge is -2.25. The maximum absolute atomic E-state index is 4.61. The fourth-order valence-electron chi connectivity index (χ4n) is 2.89. The summed E-state index contributed by atoms with van der Waals surface area (Å²) in [6.07, 6.45) is 7.09. The zero-order valence-corrected chi connectivity index (χ0v) is 12.9. The first kappa shape index (κ1) is 14.6. The van der Waals surface area contributed by atoms with E-state index in [1.807, 2.05) is 0 Å². The van der Waals surface area contributed by atoms with Gasteiger partial charge in [-0.15, -0.1) is 0 Å². The first-order valence-corrected chi connectivity index (χ1v) is 7.85. The van der Waals surface area contributed by atoms with Crippen LogP contribution in [0.25, 0.3) is 0 Å². The Labute approximate surface area is 117 Å². The molecule has 2 atom stereocenters. The number of aromatic nitrogens is 2. The first-order chi connectivity index (χ1) is 9.09. The van der Waals surface area contributed by atoms with E-state index in [1.54, 1.807) is 0 Å². The second kappa shape index (κ2) is 6.56. The van der Waals surface area contributed by atoms with Crippen molar-refractivity contribution in [1.82, 2.24) is 14.9 Å². The van der Waals surface area contributed by atoms with E-state index in [0.717, 1.165) is 19.0 Å². The molecule has 2 unspecified atom stereocenters. The van der Waals surface area contributed by atoms with E-state index >= 15 is 0 Å². The lowest BCUT2D eigenvalue weighted by Crippen LogP contribution is -2.29. The summed E-state index contributed by atoms with van der Waals surface area (Å²) >= 11 is 0. The molecule has 1 N–H and O–H groups in total. The van der Waals surface area contributed by atoms with Gasteiger partial charge in [-0.3, -0.25) is 0 Å². The first-order valence-electron chi connectivity index (χ1n) is 7.85. The molecule has 0 fully saturated rings. The van der Waals surface area contributed by atoms with Crippen molar-refractivity contribution < 1.29 is 0 Å². The van der Waals surface area contributed by atoms with Gasteiger partial charge in [-0.2, -0.15) is 0 Å². The summed E-state index contributed by atoms with van der Waals surface area (Å²) in [5, 5.41) is 3.57. The van der Waals surface area contributed by atoms with Crippen LogP contribution in [0, 0.1) is 11.8 Å². The Morgan fingerprint density at radius 2 is 1.89 bits per heavy atom. The number of nitrogens with zero attached hydrogens (tertiary/aromatic N) is 2. The Hall–Kier alpha value is -0.830. The molecular formula is C16H29N3. The molecule has 0 aliphatic heterocycles. The maximum atomic E-state index is 4.61. The molecule has 1 aromatic rings. The molecule has 3 nitrogen and oxygen atoms in total. The van der Waals surface area contributed by atoms with Gasteiger partial charge in [-0.05, 0) is 57.5 Å². The molecule has 1 heterocycles. The normalized spacial score (nSPS) is 18.4. The summed E-state index contributed by atoms with van der Waals surface area (Å²) in [7, 11) is 0. The van der Waals surface area contributed by atoms with Gasteiger partial charge >= 0.3 is 0 Å². The Balaban J connectivity index is 1.95. The number of hydrogen-bond donors (Lipinski definition) is 1. The van der Waals surface area contributed by atoms with Gasteiger partial charge in [0.05, 0.1) is 12.0 Å². The van der Waals surface area contributed by atoms with Crippen molar-refractivity contribution in [3.8, 4) is 0 Å². The summed E-state index contributed by atoms with van der Waals surface area (Å²) < 4.78 is 2.43. The molecule has 0 aromatic carbocycles. The molecule has 0 amide bonds. The van der Waals surface area contributed by atoms with Crippen molar-refractivity contribution in [2.75, 3.05) is 13.1 Å². The van der Waals surface area contributed by atoms with Crippen LogP contribution in [0.4, 0.5) is 0 Å². The van der Waals surface area contributed by atoms with E-state index in [4.69, 9.17) is 0 Å². The van der Waals surface area contributed by atoms with E-state index in [-0.39, 0.29) is 0 Å². The minimum absolute atomic E-state index is 0.536. The van der Waals surface area contributed by atoms with E-state index in [9.17, 15) is 0 Å². The Kier molecular flexibility index (Phi) is 5.03. The van der Waals surface area contributed by atoms with Gasteiger partial charge < -0.3 is 9.88 Å². The van der Waals surface area contributed by atoms with Gasteiger partial charge in [0.2, 0.25) is 0 Å². The third-order valence-corrected chi connectivity index (χ3v) is 4.34. The van der Waals surface area contributed by atoms with Crippen molar-refractivity contribution in [3.05, 3.63) is 17.7 Å². The highest BCUT2D eigenvalue weighted by Crippen LogP contribution is 2.26. The average molecular weight is 263 g/mol. The van der Waals surface area contributed by atoms with Crippen LogP contribution in [-0.4, -0.2) is 22.6 Å². The highest BCUT2D eigenvalue weighted by atomic mass is 15.1. The van der Waals surface area contributed by atoms with Crippen molar-refractivity contribution in [3.63, 3.8) is 0 Å². The smallest absolute Gasteiger partial charge is 0.0954 e. The topological polar surface area (TPSA) is 29.9 Å². The zero-order chi connectivity index (χ0) is 13.8. The Morgan fingerprint density at radius 3 is 2.63 bits per heavy atom. The minimum atomic E-state index is 0.536. The van der Waals surface area contributed by atoms with Gasteiger partial charge in [-0.25, -0.2) is 4.98 Å². The Morgan fingerprint density at radius 1 is 1.16 bits per heavy atom. The minimum Gasteiger partial charge on any atom is -0.331 e. The largest absolute Gasteiger partial charge is 0.331 e. The number of hydrogen-bond acceptors (Lipinski definition) is 2. The summed E-state index contributed by atoms with van der Waals surface area (Å²) in [6, 6.07) is 0.536. The Bertz CT molecular complexity index is 395. The summed E-state index contributed by atoms with van der Waals surface area (Å²) in [5.41, 5.74) is 2.84. The van der Waals surface area contributed by atoms with Gasteiger partial charge in [0, 0.05) is 11.7 Å². The zero-order valence-electron chi connectivity index (χ0n) is 12.9. The van der Waals surface area contributed by atoms with Crippen LogP contribution in [0.15, 0.2) is 6.33 Å². The van der Waals surface area contributed by atoms with Gasteiger partial charge in [0.25, 0.3) is 0 Å².